The Kier molecular flexibility index (Phi) is 2.52. The molecule has 1 amide bonds. The molecule has 1 saturated carbocycles. The Morgan fingerprint density at radius 2 is 2.22 bits per heavy atom. The Labute approximate surface area is 105 Å². The Morgan fingerprint density at radius 3 is 2.94 bits per heavy atom. The number of amides is 1. The number of carbonyl (C=O) groups is 1. The average Bonchev–Trinajstić information content (AvgIpc) is 3.20. The van der Waals surface area contributed by atoms with Crippen molar-refractivity contribution in [3.05, 3.63) is 36.7 Å². The minimum Gasteiger partial charge on any atom is -0.329 e. The van der Waals surface area contributed by atoms with Gasteiger partial charge in [-0.2, -0.15) is 0 Å². The molecule has 1 aromatic heterocycles. The second-order valence-corrected chi connectivity index (χ2v) is 4.84. The van der Waals surface area contributed by atoms with E-state index in [0.29, 0.717) is 6.54 Å². The first-order valence-corrected chi connectivity index (χ1v) is 6.09. The number of hydrogen-bond acceptors (Lipinski definition) is 3. The molecule has 4 nitrogen and oxygen atoms in total. The normalized spacial score (nSPS) is 16.5. The van der Waals surface area contributed by atoms with Crippen molar-refractivity contribution >= 4 is 22.4 Å². The third-order valence-electron chi connectivity index (χ3n) is 3.66. The van der Waals surface area contributed by atoms with Gasteiger partial charge in [-0.1, -0.05) is 12.1 Å². The lowest BCUT2D eigenvalue weighted by molar-refractivity contribution is -0.120. The number of nitrogens with zero attached hydrogens (tertiary/aromatic N) is 1. The predicted octanol–water partition coefficient (Wildman–Crippen LogP) is 1.91. The highest BCUT2D eigenvalue weighted by atomic mass is 16.2. The molecule has 3 rings (SSSR count). The molecule has 1 aliphatic carbocycles. The first kappa shape index (κ1) is 11.2. The van der Waals surface area contributed by atoms with Crippen LogP contribution in [0.2, 0.25) is 0 Å². The topological polar surface area (TPSA) is 68.0 Å². The van der Waals surface area contributed by atoms with E-state index in [2.05, 4.69) is 10.3 Å². The Morgan fingerprint density at radius 1 is 1.39 bits per heavy atom. The standard InChI is InChI=1S/C14H15N3O/c15-9-14(5-6-14)13(18)17-12-3-1-2-10-4-7-16-8-11(10)12/h1-4,7-8H,5-6,9,15H2,(H,17,18). The van der Waals surface area contributed by atoms with E-state index in [1.54, 1.807) is 12.4 Å². The van der Waals surface area contributed by atoms with Crippen molar-refractivity contribution in [1.82, 2.24) is 4.98 Å². The molecule has 0 radical (unpaired) electrons. The average molecular weight is 241 g/mol. The van der Waals surface area contributed by atoms with Gasteiger partial charge < -0.3 is 11.1 Å². The minimum absolute atomic E-state index is 0.0290. The predicted molar refractivity (Wildman–Crippen MR) is 71.1 cm³/mol. The molecule has 0 atom stereocenters. The summed E-state index contributed by atoms with van der Waals surface area (Å²) in [6, 6.07) is 7.76. The second-order valence-electron chi connectivity index (χ2n) is 4.84. The summed E-state index contributed by atoms with van der Waals surface area (Å²) in [5.41, 5.74) is 6.14. The third kappa shape index (κ3) is 1.75. The molecule has 0 unspecified atom stereocenters. The van der Waals surface area contributed by atoms with E-state index in [4.69, 9.17) is 5.73 Å². The highest BCUT2D eigenvalue weighted by Crippen LogP contribution is 2.45. The zero-order valence-electron chi connectivity index (χ0n) is 10.0. The number of hydrogen-bond donors (Lipinski definition) is 2. The van der Waals surface area contributed by atoms with Gasteiger partial charge in [-0.15, -0.1) is 0 Å². The molecular formula is C14H15N3O. The van der Waals surface area contributed by atoms with Crippen LogP contribution >= 0.6 is 0 Å². The first-order chi connectivity index (χ1) is 8.75. The van der Waals surface area contributed by atoms with Crippen LogP contribution in [0, 0.1) is 5.41 Å². The van der Waals surface area contributed by atoms with Crippen molar-refractivity contribution in [1.29, 1.82) is 0 Å². The van der Waals surface area contributed by atoms with E-state index in [9.17, 15) is 4.79 Å². The fraction of sp³-hybridized carbons (Fsp3) is 0.286. The fourth-order valence-electron chi connectivity index (χ4n) is 2.15. The highest BCUT2D eigenvalue weighted by Gasteiger charge is 2.48. The molecule has 1 fully saturated rings. The summed E-state index contributed by atoms with van der Waals surface area (Å²) in [5.74, 6) is 0.0290. The monoisotopic (exact) mass is 241 g/mol. The molecular weight excluding hydrogens is 226 g/mol. The summed E-state index contributed by atoms with van der Waals surface area (Å²) in [4.78, 5) is 16.3. The third-order valence-corrected chi connectivity index (χ3v) is 3.66. The van der Waals surface area contributed by atoms with Crippen molar-refractivity contribution in [3.63, 3.8) is 0 Å². The molecule has 3 N–H and O–H groups in total. The lowest BCUT2D eigenvalue weighted by Gasteiger charge is -2.14. The summed E-state index contributed by atoms with van der Waals surface area (Å²) in [6.45, 7) is 0.419. The zero-order chi connectivity index (χ0) is 12.6. The maximum absolute atomic E-state index is 12.2. The van der Waals surface area contributed by atoms with Gasteiger partial charge in [0.25, 0.3) is 0 Å². The lowest BCUT2D eigenvalue weighted by atomic mass is 10.1. The molecule has 0 saturated heterocycles. The smallest absolute Gasteiger partial charge is 0.231 e. The fourth-order valence-corrected chi connectivity index (χ4v) is 2.15. The van der Waals surface area contributed by atoms with Crippen LogP contribution in [0.25, 0.3) is 10.8 Å². The van der Waals surface area contributed by atoms with Crippen molar-refractivity contribution in [2.24, 2.45) is 11.1 Å². The molecule has 1 aliphatic rings. The SMILES string of the molecule is NCC1(C(=O)Nc2cccc3ccncc23)CC1. The van der Waals surface area contributed by atoms with Crippen LogP contribution in [0.1, 0.15) is 12.8 Å². The maximum Gasteiger partial charge on any atom is 0.231 e. The molecule has 4 heteroatoms. The van der Waals surface area contributed by atoms with Crippen molar-refractivity contribution in [2.75, 3.05) is 11.9 Å². The number of carbonyl (C=O) groups excluding carboxylic acids is 1. The van der Waals surface area contributed by atoms with Gasteiger partial charge in [0.05, 0.1) is 11.1 Å². The van der Waals surface area contributed by atoms with Gasteiger partial charge in [-0.25, -0.2) is 0 Å². The number of fused-ring (bicyclic) bond motifs is 1. The Hall–Kier alpha value is -1.94. The van der Waals surface area contributed by atoms with Gasteiger partial charge in [-0.05, 0) is 30.4 Å². The van der Waals surface area contributed by atoms with E-state index in [1.807, 2.05) is 24.3 Å². The molecule has 18 heavy (non-hydrogen) atoms. The van der Waals surface area contributed by atoms with E-state index in [-0.39, 0.29) is 11.3 Å². The second kappa shape index (κ2) is 4.07. The van der Waals surface area contributed by atoms with Crippen molar-refractivity contribution < 1.29 is 4.79 Å². The number of pyridine rings is 1. The Balaban J connectivity index is 1.93. The summed E-state index contributed by atoms with van der Waals surface area (Å²) in [6.07, 6.45) is 5.29. The van der Waals surface area contributed by atoms with Gasteiger partial charge in [0.15, 0.2) is 0 Å². The van der Waals surface area contributed by atoms with Crippen LogP contribution in [0.5, 0.6) is 0 Å². The van der Waals surface area contributed by atoms with Gasteiger partial charge in [0.1, 0.15) is 0 Å². The van der Waals surface area contributed by atoms with E-state index in [0.717, 1.165) is 29.3 Å². The van der Waals surface area contributed by atoms with E-state index < -0.39 is 0 Å². The molecule has 0 spiro atoms. The van der Waals surface area contributed by atoms with E-state index >= 15 is 0 Å². The van der Waals surface area contributed by atoms with Crippen molar-refractivity contribution in [2.45, 2.75) is 12.8 Å². The molecule has 92 valence electrons. The van der Waals surface area contributed by atoms with Gasteiger partial charge in [-0.3, -0.25) is 9.78 Å². The summed E-state index contributed by atoms with van der Waals surface area (Å²) in [7, 11) is 0. The molecule has 1 heterocycles. The largest absolute Gasteiger partial charge is 0.329 e. The number of rotatable bonds is 3. The van der Waals surface area contributed by atoms with Crippen LogP contribution in [-0.4, -0.2) is 17.4 Å². The number of nitrogens with two attached hydrogens (primary N) is 1. The van der Waals surface area contributed by atoms with Crippen LogP contribution in [0.4, 0.5) is 5.69 Å². The Bertz CT molecular complexity index is 600. The van der Waals surface area contributed by atoms with Crippen molar-refractivity contribution in [3.8, 4) is 0 Å². The zero-order valence-corrected chi connectivity index (χ0v) is 10.0. The highest BCUT2D eigenvalue weighted by molar-refractivity contribution is 6.04. The molecule has 1 aromatic carbocycles. The summed E-state index contributed by atoms with van der Waals surface area (Å²) >= 11 is 0. The van der Waals surface area contributed by atoms with Gasteiger partial charge in [0, 0.05) is 24.3 Å². The lowest BCUT2D eigenvalue weighted by Crippen LogP contribution is -2.30. The number of anilines is 1. The van der Waals surface area contributed by atoms with Crippen LogP contribution < -0.4 is 11.1 Å². The quantitative estimate of drug-likeness (QED) is 0.862. The molecule has 0 aliphatic heterocycles. The van der Waals surface area contributed by atoms with Gasteiger partial charge >= 0.3 is 0 Å². The van der Waals surface area contributed by atoms with Crippen LogP contribution in [0.3, 0.4) is 0 Å². The number of benzene rings is 1. The molecule has 2 aromatic rings. The number of nitrogens with one attached hydrogen (secondary N) is 1. The van der Waals surface area contributed by atoms with Crippen LogP contribution in [0.15, 0.2) is 36.7 Å². The summed E-state index contributed by atoms with van der Waals surface area (Å²) < 4.78 is 0. The minimum atomic E-state index is -0.329. The maximum atomic E-state index is 12.2. The van der Waals surface area contributed by atoms with Crippen LogP contribution in [-0.2, 0) is 4.79 Å². The summed E-state index contributed by atoms with van der Waals surface area (Å²) in [5, 5.41) is 5.01. The number of aromatic nitrogens is 1. The van der Waals surface area contributed by atoms with E-state index in [1.165, 1.54) is 0 Å². The first-order valence-electron chi connectivity index (χ1n) is 6.09. The molecule has 0 bridgehead atoms. The van der Waals surface area contributed by atoms with Gasteiger partial charge in [0.2, 0.25) is 5.91 Å².